The number of aromatic nitrogens is 2. The van der Waals surface area contributed by atoms with Gasteiger partial charge in [-0.25, -0.2) is 9.97 Å². The molecule has 1 aromatic heterocycles. The SMILES string of the molecule is CC(=O)NCCSc1cc(-c2c(C)cc3c4c(cccc24)COC3)nc(N)n1. The molecule has 4 rings (SSSR count). The first-order valence-corrected chi connectivity index (χ1v) is 10.2. The van der Waals surface area contributed by atoms with E-state index in [0.717, 1.165) is 27.6 Å². The summed E-state index contributed by atoms with van der Waals surface area (Å²) in [4.78, 5) is 19.9. The normalized spacial score (nSPS) is 12.9. The number of ether oxygens (including phenoxy) is 1. The van der Waals surface area contributed by atoms with E-state index in [1.807, 2.05) is 6.07 Å². The molecule has 3 aromatic rings. The van der Waals surface area contributed by atoms with Crippen LogP contribution >= 0.6 is 11.8 Å². The number of rotatable bonds is 5. The van der Waals surface area contributed by atoms with Gasteiger partial charge in [0.15, 0.2) is 0 Å². The number of carbonyl (C=O) groups excluding carboxylic acids is 1. The van der Waals surface area contributed by atoms with Crippen LogP contribution in [0.25, 0.3) is 22.0 Å². The molecule has 3 N–H and O–H groups in total. The van der Waals surface area contributed by atoms with Crippen molar-refractivity contribution in [2.45, 2.75) is 32.1 Å². The number of nitrogens with zero attached hydrogens (tertiary/aromatic N) is 2. The van der Waals surface area contributed by atoms with Crippen LogP contribution in [0.1, 0.15) is 23.6 Å². The second kappa shape index (κ2) is 7.77. The van der Waals surface area contributed by atoms with Crippen LogP contribution in [0.3, 0.4) is 0 Å². The molecule has 1 amide bonds. The van der Waals surface area contributed by atoms with Gasteiger partial charge in [-0.3, -0.25) is 4.79 Å². The Balaban J connectivity index is 1.75. The lowest BCUT2D eigenvalue weighted by Gasteiger charge is -2.21. The number of thioether (sulfide) groups is 1. The highest BCUT2D eigenvalue weighted by molar-refractivity contribution is 7.99. The van der Waals surface area contributed by atoms with Crippen LogP contribution in [0.5, 0.6) is 0 Å². The second-order valence-corrected chi connectivity index (χ2v) is 7.96. The fraction of sp³-hybridized carbons (Fsp3) is 0.286. The van der Waals surface area contributed by atoms with Crippen LogP contribution < -0.4 is 11.1 Å². The molecule has 0 unspecified atom stereocenters. The van der Waals surface area contributed by atoms with E-state index in [-0.39, 0.29) is 11.9 Å². The third kappa shape index (κ3) is 3.68. The summed E-state index contributed by atoms with van der Waals surface area (Å²) in [5, 5.41) is 6.02. The number of nitrogens with one attached hydrogen (secondary N) is 1. The average molecular weight is 395 g/mol. The monoisotopic (exact) mass is 394 g/mol. The Labute approximate surface area is 167 Å². The number of nitrogen functional groups attached to an aromatic ring is 1. The van der Waals surface area contributed by atoms with Gasteiger partial charge in [0.2, 0.25) is 11.9 Å². The molecule has 0 atom stereocenters. The van der Waals surface area contributed by atoms with Crippen molar-refractivity contribution in [3.05, 3.63) is 47.0 Å². The maximum absolute atomic E-state index is 11.0. The first kappa shape index (κ1) is 18.7. The number of aryl methyl sites for hydroxylation is 1. The fourth-order valence-corrected chi connectivity index (χ4v) is 4.44. The molecule has 0 bridgehead atoms. The van der Waals surface area contributed by atoms with Gasteiger partial charge in [-0.2, -0.15) is 0 Å². The van der Waals surface area contributed by atoms with Gasteiger partial charge in [-0.15, -0.1) is 11.8 Å². The smallest absolute Gasteiger partial charge is 0.221 e. The molecule has 0 aliphatic carbocycles. The minimum atomic E-state index is -0.0353. The van der Waals surface area contributed by atoms with Crippen LogP contribution in [0.15, 0.2) is 35.4 Å². The number of nitrogens with two attached hydrogens (primary N) is 1. The summed E-state index contributed by atoms with van der Waals surface area (Å²) in [7, 11) is 0. The second-order valence-electron chi connectivity index (χ2n) is 6.84. The van der Waals surface area contributed by atoms with E-state index in [1.54, 1.807) is 11.8 Å². The molecule has 2 heterocycles. The van der Waals surface area contributed by atoms with Gasteiger partial charge >= 0.3 is 0 Å². The van der Waals surface area contributed by atoms with E-state index >= 15 is 0 Å². The molecule has 0 saturated heterocycles. The number of amides is 1. The number of hydrogen-bond acceptors (Lipinski definition) is 6. The fourth-order valence-electron chi connectivity index (χ4n) is 3.68. The van der Waals surface area contributed by atoms with Gasteiger partial charge in [0.05, 0.1) is 18.9 Å². The first-order valence-electron chi connectivity index (χ1n) is 9.17. The van der Waals surface area contributed by atoms with E-state index in [9.17, 15) is 4.79 Å². The third-order valence-corrected chi connectivity index (χ3v) is 5.66. The molecule has 1 aliphatic heterocycles. The predicted molar refractivity (Wildman–Crippen MR) is 112 cm³/mol. The molecule has 0 saturated carbocycles. The van der Waals surface area contributed by atoms with Crippen LogP contribution in [0, 0.1) is 6.92 Å². The summed E-state index contributed by atoms with van der Waals surface area (Å²) in [6.45, 7) is 5.44. The van der Waals surface area contributed by atoms with Crippen LogP contribution in [0.2, 0.25) is 0 Å². The molecule has 0 spiro atoms. The van der Waals surface area contributed by atoms with Gasteiger partial charge in [0, 0.05) is 24.8 Å². The van der Waals surface area contributed by atoms with Crippen molar-refractivity contribution >= 4 is 34.4 Å². The van der Waals surface area contributed by atoms with Crippen LogP contribution in [-0.4, -0.2) is 28.2 Å². The lowest BCUT2D eigenvalue weighted by atomic mass is 9.90. The minimum absolute atomic E-state index is 0.0353. The Morgan fingerprint density at radius 3 is 2.89 bits per heavy atom. The maximum Gasteiger partial charge on any atom is 0.221 e. The maximum atomic E-state index is 11.0. The molecule has 144 valence electrons. The summed E-state index contributed by atoms with van der Waals surface area (Å²) >= 11 is 1.55. The Bertz CT molecular complexity index is 1070. The van der Waals surface area contributed by atoms with Crippen molar-refractivity contribution in [1.82, 2.24) is 15.3 Å². The number of anilines is 1. The van der Waals surface area contributed by atoms with Gasteiger partial charge < -0.3 is 15.8 Å². The molecule has 2 aromatic carbocycles. The van der Waals surface area contributed by atoms with Gasteiger partial charge in [-0.05, 0) is 40.5 Å². The number of benzene rings is 2. The molecular formula is C21H22N4O2S. The molecule has 6 nitrogen and oxygen atoms in total. The molecule has 7 heteroatoms. The van der Waals surface area contributed by atoms with Crippen molar-refractivity contribution < 1.29 is 9.53 Å². The first-order chi connectivity index (χ1) is 13.5. The van der Waals surface area contributed by atoms with Crippen molar-refractivity contribution in [3.8, 4) is 11.3 Å². The van der Waals surface area contributed by atoms with Crippen molar-refractivity contribution in [2.75, 3.05) is 18.0 Å². The summed E-state index contributed by atoms with van der Waals surface area (Å²) in [6, 6.07) is 10.5. The summed E-state index contributed by atoms with van der Waals surface area (Å²) in [5.41, 5.74) is 11.5. The zero-order chi connectivity index (χ0) is 19.7. The van der Waals surface area contributed by atoms with Gasteiger partial charge in [0.25, 0.3) is 0 Å². The average Bonchev–Trinajstić information content (AvgIpc) is 2.65. The van der Waals surface area contributed by atoms with Crippen molar-refractivity contribution in [1.29, 1.82) is 0 Å². The summed E-state index contributed by atoms with van der Waals surface area (Å²) in [5.74, 6) is 0.935. The van der Waals surface area contributed by atoms with Crippen LogP contribution in [0.4, 0.5) is 5.95 Å². The van der Waals surface area contributed by atoms with E-state index in [0.29, 0.717) is 19.8 Å². The highest BCUT2D eigenvalue weighted by Crippen LogP contribution is 2.38. The minimum Gasteiger partial charge on any atom is -0.372 e. The topological polar surface area (TPSA) is 90.1 Å². The molecule has 0 radical (unpaired) electrons. The molecule has 1 aliphatic rings. The highest BCUT2D eigenvalue weighted by atomic mass is 32.2. The number of hydrogen-bond donors (Lipinski definition) is 2. The Morgan fingerprint density at radius 2 is 2.07 bits per heavy atom. The standard InChI is InChI=1S/C21H22N4O2S/c1-12-8-15-11-27-10-14-4-3-5-16(20(14)15)19(12)17-9-18(25-21(22)24-17)28-7-6-23-13(2)26/h3-5,8-9H,6-7,10-11H2,1-2H3,(H,23,26)(H2,22,24,25). The Hall–Kier alpha value is -2.64. The molecule has 0 fully saturated rings. The summed E-state index contributed by atoms with van der Waals surface area (Å²) in [6.07, 6.45) is 0. The third-order valence-electron chi connectivity index (χ3n) is 4.74. The van der Waals surface area contributed by atoms with Crippen molar-refractivity contribution in [2.24, 2.45) is 0 Å². The Morgan fingerprint density at radius 1 is 1.25 bits per heavy atom. The lowest BCUT2D eigenvalue weighted by Crippen LogP contribution is -2.22. The van der Waals surface area contributed by atoms with Gasteiger partial charge in [-0.1, -0.05) is 24.3 Å². The molecule has 28 heavy (non-hydrogen) atoms. The zero-order valence-corrected chi connectivity index (χ0v) is 16.7. The van der Waals surface area contributed by atoms with E-state index < -0.39 is 0 Å². The zero-order valence-electron chi connectivity index (χ0n) is 15.9. The quantitative estimate of drug-likeness (QED) is 0.391. The van der Waals surface area contributed by atoms with E-state index in [1.165, 1.54) is 28.8 Å². The number of carbonyl (C=O) groups is 1. The largest absolute Gasteiger partial charge is 0.372 e. The van der Waals surface area contributed by atoms with E-state index in [2.05, 4.69) is 46.5 Å². The highest BCUT2D eigenvalue weighted by Gasteiger charge is 2.19. The lowest BCUT2D eigenvalue weighted by molar-refractivity contribution is -0.118. The Kier molecular flexibility index (Phi) is 5.19. The van der Waals surface area contributed by atoms with E-state index in [4.69, 9.17) is 10.5 Å². The molecular weight excluding hydrogens is 372 g/mol. The van der Waals surface area contributed by atoms with Crippen LogP contribution in [-0.2, 0) is 22.7 Å². The summed E-state index contributed by atoms with van der Waals surface area (Å²) < 4.78 is 5.72. The van der Waals surface area contributed by atoms with Crippen molar-refractivity contribution in [3.63, 3.8) is 0 Å². The predicted octanol–water partition coefficient (Wildman–Crippen LogP) is 3.45. The van der Waals surface area contributed by atoms with Gasteiger partial charge in [0.1, 0.15) is 5.03 Å².